The van der Waals surface area contributed by atoms with E-state index in [4.69, 9.17) is 43.0 Å². The molecule has 0 radical (unpaired) electrons. The zero-order valence-electron chi connectivity index (χ0n) is 29.9. The molecule has 0 saturated heterocycles. The van der Waals surface area contributed by atoms with Crippen molar-refractivity contribution in [2.75, 3.05) is 33.0 Å². The second-order valence-electron chi connectivity index (χ2n) is 12.1. The van der Waals surface area contributed by atoms with Crippen LogP contribution in [-0.2, 0) is 0 Å². The van der Waals surface area contributed by atoms with Gasteiger partial charge >= 0.3 is 0 Å². The molecular weight excluding hydrogens is 898 g/mol. The lowest BCUT2D eigenvalue weighted by molar-refractivity contribution is 0.352. The normalized spacial score (nSPS) is 10.9. The highest BCUT2D eigenvalue weighted by atomic mass is 127. The number of ether oxygens (including phenoxy) is 5. The number of hydrogen-bond donors (Lipinski definition) is 0. The van der Waals surface area contributed by atoms with Gasteiger partial charge in [-0.1, -0.05) is 73.4 Å². The Bertz CT molecular complexity index is 2240. The van der Waals surface area contributed by atoms with E-state index < -0.39 is 5.92 Å². The molecule has 5 aromatic carbocycles. The Morgan fingerprint density at radius 3 is 1.59 bits per heavy atom. The Hall–Kier alpha value is -5.28. The smallest absolute Gasteiger partial charge is 0.148 e. The average Bonchev–Trinajstić information content (AvgIpc) is 3.18. The molecule has 270 valence electrons. The topological polar surface area (TPSA) is 46.2 Å². The molecule has 0 heterocycles. The molecule has 7 heteroatoms. The van der Waals surface area contributed by atoms with Gasteiger partial charge in [-0.15, -0.1) is 19.3 Å². The van der Waals surface area contributed by atoms with Crippen molar-refractivity contribution in [3.05, 3.63) is 146 Å². The minimum Gasteiger partial charge on any atom is -0.490 e. The van der Waals surface area contributed by atoms with Gasteiger partial charge in [0.1, 0.15) is 61.8 Å². The summed E-state index contributed by atoms with van der Waals surface area (Å²) in [5.41, 5.74) is 7.36. The van der Waals surface area contributed by atoms with Crippen LogP contribution >= 0.6 is 45.2 Å². The van der Waals surface area contributed by atoms with Gasteiger partial charge in [-0.2, -0.15) is 0 Å². The fourth-order valence-corrected chi connectivity index (χ4v) is 7.87. The van der Waals surface area contributed by atoms with E-state index >= 15 is 0 Å². The molecular formula is C47H38I2O5. The maximum atomic E-state index is 6.33. The van der Waals surface area contributed by atoms with Crippen LogP contribution < -0.4 is 23.7 Å². The van der Waals surface area contributed by atoms with Gasteiger partial charge < -0.3 is 23.7 Å². The maximum Gasteiger partial charge on any atom is 0.148 e. The van der Waals surface area contributed by atoms with E-state index in [1.807, 2.05) is 79.7 Å². The van der Waals surface area contributed by atoms with Crippen LogP contribution in [-0.4, -0.2) is 33.0 Å². The fourth-order valence-electron chi connectivity index (χ4n) is 5.82. The standard InChI is InChI=1S/C47H38I2O5/c1-7-23-50-38-17-11-33(12-18-38)35-15-21-44(51-24-8-2)40(27-35)46(42-29-37(48)30-43(49)47(42)53-26-10-4)41-28-36(16-22-45(41)52-25-9-3)34-13-19-39(20-14-34)54-31-32(5)6/h2-4,7,11-22,27-30,46H,1,5,23-26,31H2,6H3. The van der Waals surface area contributed by atoms with E-state index in [-0.39, 0.29) is 19.8 Å². The van der Waals surface area contributed by atoms with Crippen LogP contribution in [0.25, 0.3) is 22.3 Å². The van der Waals surface area contributed by atoms with E-state index in [0.717, 1.165) is 63.2 Å². The molecule has 54 heavy (non-hydrogen) atoms. The van der Waals surface area contributed by atoms with Gasteiger partial charge in [0, 0.05) is 26.2 Å². The van der Waals surface area contributed by atoms with Gasteiger partial charge in [-0.25, -0.2) is 0 Å². The van der Waals surface area contributed by atoms with Crippen LogP contribution in [0.4, 0.5) is 0 Å². The molecule has 0 aliphatic carbocycles. The van der Waals surface area contributed by atoms with Crippen LogP contribution in [0.1, 0.15) is 29.5 Å². The van der Waals surface area contributed by atoms with Crippen molar-refractivity contribution < 1.29 is 23.7 Å². The van der Waals surface area contributed by atoms with Crippen LogP contribution in [0, 0.1) is 44.2 Å². The molecule has 0 bridgehead atoms. The van der Waals surface area contributed by atoms with Gasteiger partial charge in [0.25, 0.3) is 0 Å². The zero-order chi connectivity index (χ0) is 38.5. The first-order valence-corrected chi connectivity index (χ1v) is 19.1. The van der Waals surface area contributed by atoms with Crippen LogP contribution in [0.3, 0.4) is 0 Å². The maximum absolute atomic E-state index is 6.33. The number of terminal acetylenes is 3. The van der Waals surface area contributed by atoms with Crippen molar-refractivity contribution in [3.8, 4) is 88.0 Å². The zero-order valence-corrected chi connectivity index (χ0v) is 34.2. The first-order chi connectivity index (χ1) is 26.3. The molecule has 0 saturated carbocycles. The van der Waals surface area contributed by atoms with Crippen molar-refractivity contribution in [3.63, 3.8) is 0 Å². The first kappa shape index (κ1) is 39.9. The molecule has 5 aromatic rings. The third-order valence-electron chi connectivity index (χ3n) is 8.14. The Morgan fingerprint density at radius 1 is 0.630 bits per heavy atom. The number of benzene rings is 5. The van der Waals surface area contributed by atoms with E-state index in [0.29, 0.717) is 30.5 Å². The minimum atomic E-state index is -0.505. The molecule has 0 amide bonds. The van der Waals surface area contributed by atoms with Crippen molar-refractivity contribution in [2.45, 2.75) is 12.8 Å². The first-order valence-electron chi connectivity index (χ1n) is 16.9. The highest BCUT2D eigenvalue weighted by Crippen LogP contribution is 2.48. The molecule has 0 aromatic heterocycles. The van der Waals surface area contributed by atoms with Gasteiger partial charge in [0.15, 0.2) is 0 Å². The van der Waals surface area contributed by atoms with Crippen LogP contribution in [0.2, 0.25) is 0 Å². The molecule has 1 unspecified atom stereocenters. The third-order valence-corrected chi connectivity index (χ3v) is 9.56. The van der Waals surface area contributed by atoms with E-state index in [2.05, 4.69) is 100 Å². The van der Waals surface area contributed by atoms with E-state index in [1.165, 1.54) is 0 Å². The molecule has 0 spiro atoms. The van der Waals surface area contributed by atoms with Gasteiger partial charge in [0.05, 0.1) is 3.57 Å². The molecule has 5 rings (SSSR count). The van der Waals surface area contributed by atoms with Gasteiger partial charge in [-0.05, 0) is 141 Å². The van der Waals surface area contributed by atoms with Gasteiger partial charge in [-0.3, -0.25) is 0 Å². The second kappa shape index (κ2) is 19.7. The lowest BCUT2D eigenvalue weighted by atomic mass is 9.81. The largest absolute Gasteiger partial charge is 0.490 e. The number of rotatable bonds is 17. The minimum absolute atomic E-state index is 0.0683. The predicted molar refractivity (Wildman–Crippen MR) is 236 cm³/mol. The predicted octanol–water partition coefficient (Wildman–Crippen LogP) is 11.0. The quantitative estimate of drug-likeness (QED) is 0.0402. The summed E-state index contributed by atoms with van der Waals surface area (Å²) in [6.45, 7) is 10.7. The second-order valence-corrected chi connectivity index (χ2v) is 14.5. The Kier molecular flexibility index (Phi) is 14.6. The monoisotopic (exact) mass is 936 g/mol. The fraction of sp³-hybridized carbons (Fsp3) is 0.149. The van der Waals surface area contributed by atoms with Crippen molar-refractivity contribution >= 4 is 45.2 Å². The summed E-state index contributed by atoms with van der Waals surface area (Å²) in [6.07, 6.45) is 18.9. The Labute approximate surface area is 346 Å². The van der Waals surface area contributed by atoms with Crippen molar-refractivity contribution in [1.29, 1.82) is 0 Å². The summed E-state index contributed by atoms with van der Waals surface area (Å²) in [4.78, 5) is 0. The average molecular weight is 937 g/mol. The molecule has 0 aliphatic heterocycles. The van der Waals surface area contributed by atoms with Gasteiger partial charge in [0.2, 0.25) is 0 Å². The lowest BCUT2D eigenvalue weighted by Gasteiger charge is -2.27. The number of hydrogen-bond acceptors (Lipinski definition) is 5. The van der Waals surface area contributed by atoms with E-state index in [9.17, 15) is 0 Å². The molecule has 1 atom stereocenters. The van der Waals surface area contributed by atoms with Crippen molar-refractivity contribution in [2.24, 2.45) is 0 Å². The van der Waals surface area contributed by atoms with Crippen LogP contribution in [0.15, 0.2) is 122 Å². The van der Waals surface area contributed by atoms with Crippen molar-refractivity contribution in [1.82, 2.24) is 0 Å². The van der Waals surface area contributed by atoms with E-state index in [1.54, 1.807) is 6.08 Å². The SMILES string of the molecule is C#CCOc1ccc(-c2ccc(OCC=C)cc2)cc1C(c1cc(-c2ccc(OCC(=C)C)cc2)ccc1OCC#C)c1cc(I)cc(I)c1OCC#C. The summed E-state index contributed by atoms with van der Waals surface area (Å²) >= 11 is 4.62. The van der Waals surface area contributed by atoms with Crippen LogP contribution in [0.5, 0.6) is 28.7 Å². The highest BCUT2D eigenvalue weighted by molar-refractivity contribution is 14.1. The summed E-state index contributed by atoms with van der Waals surface area (Å²) in [5.74, 6) is 10.7. The molecule has 5 nitrogen and oxygen atoms in total. The molecule has 0 N–H and O–H groups in total. The summed E-state index contributed by atoms with van der Waals surface area (Å²) in [5, 5.41) is 0. The summed E-state index contributed by atoms with van der Waals surface area (Å²) in [6, 6.07) is 32.3. The number of halogens is 2. The lowest BCUT2D eigenvalue weighted by Crippen LogP contribution is -2.13. The summed E-state index contributed by atoms with van der Waals surface area (Å²) in [7, 11) is 0. The Morgan fingerprint density at radius 2 is 1.11 bits per heavy atom. The molecule has 0 aliphatic rings. The summed E-state index contributed by atoms with van der Waals surface area (Å²) < 4.78 is 32.5. The third kappa shape index (κ3) is 10.2. The highest BCUT2D eigenvalue weighted by Gasteiger charge is 2.30. The molecule has 0 fully saturated rings. The Balaban J connectivity index is 1.79.